The molecule has 1 unspecified atom stereocenters. The third kappa shape index (κ3) is 3.54. The Bertz CT molecular complexity index is 315. The molecular formula is C10H14ClN3S. The summed E-state index contributed by atoms with van der Waals surface area (Å²) >= 11 is 7.75. The van der Waals surface area contributed by atoms with Crippen LogP contribution in [0.1, 0.15) is 19.3 Å². The number of halogens is 1. The van der Waals surface area contributed by atoms with Gasteiger partial charge in [-0.15, -0.1) is 0 Å². The van der Waals surface area contributed by atoms with Crippen LogP contribution >= 0.6 is 23.4 Å². The molecule has 2 rings (SSSR count). The number of hydrogen-bond donors (Lipinski definition) is 1. The van der Waals surface area contributed by atoms with Gasteiger partial charge in [-0.25, -0.2) is 9.97 Å². The van der Waals surface area contributed by atoms with Crippen LogP contribution in [0.15, 0.2) is 12.3 Å². The van der Waals surface area contributed by atoms with Crippen molar-refractivity contribution in [2.75, 3.05) is 17.6 Å². The maximum atomic E-state index is 5.70. The Hall–Kier alpha value is -0.480. The molecule has 1 aliphatic rings. The number of nitrogens with one attached hydrogen (secondary N) is 1. The maximum Gasteiger partial charge on any atom is 0.224 e. The summed E-state index contributed by atoms with van der Waals surface area (Å²) in [6.07, 6.45) is 5.69. The molecule has 0 bridgehead atoms. The van der Waals surface area contributed by atoms with Gasteiger partial charge in [0.2, 0.25) is 5.28 Å². The summed E-state index contributed by atoms with van der Waals surface area (Å²) in [6, 6.07) is 1.85. The topological polar surface area (TPSA) is 37.8 Å². The number of hydrogen-bond acceptors (Lipinski definition) is 4. The average Bonchev–Trinajstić information content (AvgIpc) is 2.28. The molecule has 1 aromatic rings. The van der Waals surface area contributed by atoms with Gasteiger partial charge in [-0.05, 0) is 36.3 Å². The summed E-state index contributed by atoms with van der Waals surface area (Å²) in [5.41, 5.74) is 0. The van der Waals surface area contributed by atoms with Gasteiger partial charge in [-0.3, -0.25) is 0 Å². The molecule has 1 saturated heterocycles. The fourth-order valence-corrected chi connectivity index (χ4v) is 3.01. The summed E-state index contributed by atoms with van der Waals surface area (Å²) in [4.78, 5) is 7.94. The second-order valence-corrected chi connectivity index (χ2v) is 5.33. The second-order valence-electron chi connectivity index (χ2n) is 3.58. The lowest BCUT2D eigenvalue weighted by Crippen LogP contribution is -2.20. The molecule has 1 N–H and O–H groups in total. The molecule has 0 aliphatic carbocycles. The van der Waals surface area contributed by atoms with E-state index in [1.54, 1.807) is 6.20 Å². The van der Waals surface area contributed by atoms with E-state index in [1.165, 1.54) is 25.0 Å². The maximum absolute atomic E-state index is 5.70. The van der Waals surface area contributed by atoms with Crippen LogP contribution in [0.5, 0.6) is 0 Å². The summed E-state index contributed by atoms with van der Waals surface area (Å²) < 4.78 is 0. The first-order valence-corrected chi connectivity index (χ1v) is 6.61. The fourth-order valence-electron chi connectivity index (χ4n) is 1.62. The predicted octanol–water partition coefficient (Wildman–Crippen LogP) is 2.83. The van der Waals surface area contributed by atoms with Crippen LogP contribution in [0, 0.1) is 0 Å². The molecule has 82 valence electrons. The standard InChI is InChI=1S/C10H14ClN3S/c11-10-12-5-4-9(14-10)13-7-8-3-1-2-6-15-8/h4-5,8H,1-3,6-7H2,(H,12,13,14). The minimum absolute atomic E-state index is 0.302. The highest BCUT2D eigenvalue weighted by Crippen LogP contribution is 2.25. The lowest BCUT2D eigenvalue weighted by molar-refractivity contribution is 0.677. The smallest absolute Gasteiger partial charge is 0.224 e. The summed E-state index contributed by atoms with van der Waals surface area (Å²) in [5.74, 6) is 2.11. The van der Waals surface area contributed by atoms with Crippen LogP contribution in [0.2, 0.25) is 5.28 Å². The van der Waals surface area contributed by atoms with Crippen molar-refractivity contribution >= 4 is 29.2 Å². The van der Waals surface area contributed by atoms with Crippen LogP contribution in [-0.2, 0) is 0 Å². The molecule has 2 heterocycles. The molecule has 1 fully saturated rings. The molecule has 0 amide bonds. The molecule has 1 aromatic heterocycles. The Morgan fingerprint density at radius 2 is 2.47 bits per heavy atom. The van der Waals surface area contributed by atoms with Crippen LogP contribution in [0.25, 0.3) is 0 Å². The first kappa shape index (κ1) is 11.0. The first-order valence-electron chi connectivity index (χ1n) is 5.18. The monoisotopic (exact) mass is 243 g/mol. The summed E-state index contributed by atoms with van der Waals surface area (Å²) in [6.45, 7) is 0.970. The lowest BCUT2D eigenvalue weighted by atomic mass is 10.2. The molecule has 0 aromatic carbocycles. The van der Waals surface area contributed by atoms with Gasteiger partial charge in [-0.1, -0.05) is 6.42 Å². The van der Waals surface area contributed by atoms with Crippen molar-refractivity contribution in [1.82, 2.24) is 9.97 Å². The zero-order chi connectivity index (χ0) is 10.5. The van der Waals surface area contributed by atoms with E-state index in [1.807, 2.05) is 17.8 Å². The highest BCUT2D eigenvalue weighted by Gasteiger charge is 2.13. The Morgan fingerprint density at radius 1 is 1.53 bits per heavy atom. The minimum atomic E-state index is 0.302. The molecule has 0 saturated carbocycles. The second kappa shape index (κ2) is 5.56. The Morgan fingerprint density at radius 3 is 3.20 bits per heavy atom. The highest BCUT2D eigenvalue weighted by atomic mass is 35.5. The van der Waals surface area contributed by atoms with E-state index < -0.39 is 0 Å². The van der Waals surface area contributed by atoms with Crippen LogP contribution < -0.4 is 5.32 Å². The van der Waals surface area contributed by atoms with Gasteiger partial charge in [0.05, 0.1) is 0 Å². The van der Waals surface area contributed by atoms with Crippen molar-refractivity contribution < 1.29 is 0 Å². The third-order valence-corrected chi connectivity index (χ3v) is 3.99. The van der Waals surface area contributed by atoms with Gasteiger partial charge < -0.3 is 5.32 Å². The van der Waals surface area contributed by atoms with E-state index in [9.17, 15) is 0 Å². The third-order valence-electron chi connectivity index (χ3n) is 2.41. The largest absolute Gasteiger partial charge is 0.369 e. The van der Waals surface area contributed by atoms with Gasteiger partial charge in [0.25, 0.3) is 0 Å². The SMILES string of the molecule is Clc1nccc(NCC2CCCCS2)n1. The van der Waals surface area contributed by atoms with E-state index in [0.29, 0.717) is 10.5 Å². The first-order chi connectivity index (χ1) is 7.34. The molecule has 1 atom stereocenters. The summed E-state index contributed by atoms with van der Waals surface area (Å²) in [7, 11) is 0. The van der Waals surface area contributed by atoms with Crippen molar-refractivity contribution in [3.05, 3.63) is 17.5 Å². The zero-order valence-corrected chi connectivity index (χ0v) is 10.0. The number of aromatic nitrogens is 2. The van der Waals surface area contributed by atoms with Crippen molar-refractivity contribution in [3.63, 3.8) is 0 Å². The van der Waals surface area contributed by atoms with Gasteiger partial charge >= 0.3 is 0 Å². The Balaban J connectivity index is 1.81. The van der Waals surface area contributed by atoms with E-state index in [4.69, 9.17) is 11.6 Å². The van der Waals surface area contributed by atoms with Crippen molar-refractivity contribution in [2.24, 2.45) is 0 Å². The molecule has 3 nitrogen and oxygen atoms in total. The van der Waals surface area contributed by atoms with Gasteiger partial charge in [-0.2, -0.15) is 11.8 Å². The highest BCUT2D eigenvalue weighted by molar-refractivity contribution is 7.99. The molecule has 0 radical (unpaired) electrons. The van der Waals surface area contributed by atoms with E-state index in [0.717, 1.165) is 12.4 Å². The average molecular weight is 244 g/mol. The van der Waals surface area contributed by atoms with Crippen molar-refractivity contribution in [3.8, 4) is 0 Å². The van der Waals surface area contributed by atoms with Gasteiger partial charge in [0, 0.05) is 18.0 Å². The lowest BCUT2D eigenvalue weighted by Gasteiger charge is -2.21. The summed E-state index contributed by atoms with van der Waals surface area (Å²) in [5, 5.41) is 4.32. The van der Waals surface area contributed by atoms with E-state index in [-0.39, 0.29) is 0 Å². The number of thioether (sulfide) groups is 1. The number of nitrogens with zero attached hydrogens (tertiary/aromatic N) is 2. The normalized spacial score (nSPS) is 21.3. The molecule has 0 spiro atoms. The van der Waals surface area contributed by atoms with E-state index in [2.05, 4.69) is 15.3 Å². The minimum Gasteiger partial charge on any atom is -0.369 e. The molecular weight excluding hydrogens is 230 g/mol. The van der Waals surface area contributed by atoms with Crippen LogP contribution in [0.3, 0.4) is 0 Å². The van der Waals surface area contributed by atoms with Gasteiger partial charge in [0.15, 0.2) is 0 Å². The van der Waals surface area contributed by atoms with Crippen molar-refractivity contribution in [1.29, 1.82) is 0 Å². The number of anilines is 1. The van der Waals surface area contributed by atoms with Crippen LogP contribution in [-0.4, -0.2) is 27.5 Å². The Labute approximate surface area is 99.0 Å². The Kier molecular flexibility index (Phi) is 4.09. The predicted molar refractivity (Wildman–Crippen MR) is 65.6 cm³/mol. The van der Waals surface area contributed by atoms with Crippen molar-refractivity contribution in [2.45, 2.75) is 24.5 Å². The van der Waals surface area contributed by atoms with Gasteiger partial charge in [0.1, 0.15) is 5.82 Å². The number of rotatable bonds is 3. The zero-order valence-electron chi connectivity index (χ0n) is 8.45. The quantitative estimate of drug-likeness (QED) is 0.829. The van der Waals surface area contributed by atoms with Crippen LogP contribution in [0.4, 0.5) is 5.82 Å². The molecule has 1 aliphatic heterocycles. The molecule has 15 heavy (non-hydrogen) atoms. The fraction of sp³-hybridized carbons (Fsp3) is 0.600. The van der Waals surface area contributed by atoms with E-state index >= 15 is 0 Å². The molecule has 5 heteroatoms.